The van der Waals surface area contributed by atoms with Gasteiger partial charge in [-0.1, -0.05) is 30.3 Å². The normalized spacial score (nSPS) is 14.7. The van der Waals surface area contributed by atoms with Crippen molar-refractivity contribution < 1.29 is 0 Å². The third kappa shape index (κ3) is 3.04. The summed E-state index contributed by atoms with van der Waals surface area (Å²) in [5.41, 5.74) is 3.47. The number of hydrogen-bond acceptors (Lipinski definition) is 5. The van der Waals surface area contributed by atoms with Crippen LogP contribution in [0.25, 0.3) is 21.5 Å². The van der Waals surface area contributed by atoms with Crippen LogP contribution < -0.4 is 10.2 Å². The Balaban J connectivity index is 0.00000156. The van der Waals surface area contributed by atoms with Crippen molar-refractivity contribution in [3.8, 4) is 11.3 Å². The summed E-state index contributed by atoms with van der Waals surface area (Å²) in [4.78, 5) is 13.1. The lowest BCUT2D eigenvalue weighted by molar-refractivity contribution is 0.581. The van der Waals surface area contributed by atoms with E-state index < -0.39 is 0 Å². The zero-order chi connectivity index (χ0) is 14.9. The largest absolute Gasteiger partial charge is 0.338 e. The molecule has 0 bridgehead atoms. The van der Waals surface area contributed by atoms with E-state index in [1.54, 1.807) is 11.3 Å². The fraction of sp³-hybridized carbons (Fsp3) is 0.294. The molecule has 1 aromatic carbocycles. The van der Waals surface area contributed by atoms with Gasteiger partial charge < -0.3 is 10.2 Å². The summed E-state index contributed by atoms with van der Waals surface area (Å²) in [5.74, 6) is 0.856. The van der Waals surface area contributed by atoms with Crippen molar-refractivity contribution >= 4 is 39.9 Å². The number of rotatable bonds is 2. The van der Waals surface area contributed by atoms with Crippen LogP contribution in [0.5, 0.6) is 0 Å². The minimum absolute atomic E-state index is 0. The van der Waals surface area contributed by atoms with Crippen molar-refractivity contribution in [1.29, 1.82) is 0 Å². The minimum Gasteiger partial charge on any atom is -0.338 e. The van der Waals surface area contributed by atoms with Crippen LogP contribution in [0.1, 0.15) is 5.56 Å². The second-order valence-corrected chi connectivity index (χ2v) is 6.43. The van der Waals surface area contributed by atoms with Crippen LogP contribution >= 0.6 is 23.7 Å². The van der Waals surface area contributed by atoms with Crippen LogP contribution in [-0.4, -0.2) is 36.1 Å². The number of anilines is 1. The number of benzene rings is 1. The van der Waals surface area contributed by atoms with Gasteiger partial charge in [-0.3, -0.25) is 0 Å². The van der Waals surface area contributed by atoms with Crippen LogP contribution in [0.2, 0.25) is 0 Å². The maximum absolute atomic E-state index is 4.92. The molecule has 0 aliphatic carbocycles. The molecule has 1 aliphatic heterocycles. The lowest BCUT2D eigenvalue weighted by Crippen LogP contribution is -2.44. The Morgan fingerprint density at radius 2 is 1.83 bits per heavy atom. The first-order chi connectivity index (χ1) is 10.8. The van der Waals surface area contributed by atoms with Gasteiger partial charge in [-0.15, -0.1) is 23.7 Å². The van der Waals surface area contributed by atoms with E-state index in [1.165, 1.54) is 10.9 Å². The molecule has 4 rings (SSSR count). The molecule has 6 heteroatoms. The highest BCUT2D eigenvalue weighted by Crippen LogP contribution is 2.34. The van der Waals surface area contributed by atoms with Crippen molar-refractivity contribution in [2.75, 3.05) is 31.1 Å². The fourth-order valence-electron chi connectivity index (χ4n) is 2.88. The monoisotopic (exact) mass is 346 g/mol. The Kier molecular flexibility index (Phi) is 4.80. The molecule has 4 nitrogen and oxygen atoms in total. The molecule has 3 aromatic rings. The molecule has 120 valence electrons. The number of fused-ring (bicyclic) bond motifs is 1. The van der Waals surface area contributed by atoms with E-state index in [0.29, 0.717) is 0 Å². The maximum Gasteiger partial charge on any atom is 0.227 e. The number of aromatic nitrogens is 2. The van der Waals surface area contributed by atoms with Crippen molar-refractivity contribution in [2.45, 2.75) is 6.92 Å². The molecule has 0 spiro atoms. The molecule has 1 N–H and O–H groups in total. The van der Waals surface area contributed by atoms with Gasteiger partial charge in [0.2, 0.25) is 5.95 Å². The maximum atomic E-state index is 4.92. The molecule has 0 saturated carbocycles. The van der Waals surface area contributed by atoms with Crippen molar-refractivity contribution in [3.63, 3.8) is 0 Å². The number of piperazine rings is 1. The van der Waals surface area contributed by atoms with Gasteiger partial charge in [-0.25, -0.2) is 9.97 Å². The number of hydrogen-bond donors (Lipinski definition) is 1. The van der Waals surface area contributed by atoms with Gasteiger partial charge in [0.05, 0.1) is 5.69 Å². The predicted molar refractivity (Wildman–Crippen MR) is 99.9 cm³/mol. The standard InChI is InChI=1S/C17H18N4S.ClH/c1-12-11-22-16-14(12)15(13-5-3-2-4-6-13)19-17(20-16)21-9-7-18-8-10-21;/h2-6,11,18H,7-10H2,1H3;1H. The molecule has 0 unspecified atom stereocenters. The van der Waals surface area contributed by atoms with Gasteiger partial charge in [0.15, 0.2) is 0 Å². The molecule has 2 aromatic heterocycles. The quantitative estimate of drug-likeness (QED) is 0.771. The first-order valence-corrected chi connectivity index (χ1v) is 8.48. The van der Waals surface area contributed by atoms with Gasteiger partial charge >= 0.3 is 0 Å². The van der Waals surface area contributed by atoms with E-state index in [2.05, 4.69) is 46.8 Å². The van der Waals surface area contributed by atoms with Crippen molar-refractivity contribution in [1.82, 2.24) is 15.3 Å². The molecule has 1 aliphatic rings. The third-order valence-electron chi connectivity index (χ3n) is 4.05. The molecule has 23 heavy (non-hydrogen) atoms. The summed E-state index contributed by atoms with van der Waals surface area (Å²) in [5, 5.41) is 6.74. The van der Waals surface area contributed by atoms with Crippen molar-refractivity contribution in [3.05, 3.63) is 41.3 Å². The Bertz CT molecular complexity index is 797. The smallest absolute Gasteiger partial charge is 0.227 e. The zero-order valence-electron chi connectivity index (χ0n) is 13.0. The summed E-state index contributed by atoms with van der Waals surface area (Å²) < 4.78 is 0. The lowest BCUT2D eigenvalue weighted by atomic mass is 10.1. The molecule has 3 heterocycles. The van der Waals surface area contributed by atoms with Gasteiger partial charge in [0.25, 0.3) is 0 Å². The van der Waals surface area contributed by atoms with E-state index in [0.717, 1.165) is 48.2 Å². The second-order valence-electron chi connectivity index (χ2n) is 5.57. The Hall–Kier alpha value is -1.69. The summed E-state index contributed by atoms with van der Waals surface area (Å²) in [6.07, 6.45) is 0. The molecule has 1 fully saturated rings. The highest BCUT2D eigenvalue weighted by atomic mass is 35.5. The molecular weight excluding hydrogens is 328 g/mol. The zero-order valence-corrected chi connectivity index (χ0v) is 14.6. The predicted octanol–water partition coefficient (Wildman–Crippen LogP) is 3.50. The van der Waals surface area contributed by atoms with Crippen LogP contribution in [0.4, 0.5) is 5.95 Å². The topological polar surface area (TPSA) is 41.1 Å². The highest BCUT2D eigenvalue weighted by Gasteiger charge is 2.18. The lowest BCUT2D eigenvalue weighted by Gasteiger charge is -2.27. The first kappa shape index (κ1) is 16.2. The Labute approximate surface area is 146 Å². The Morgan fingerprint density at radius 1 is 1.09 bits per heavy atom. The van der Waals surface area contributed by atoms with E-state index in [4.69, 9.17) is 9.97 Å². The summed E-state index contributed by atoms with van der Waals surface area (Å²) in [6.45, 7) is 6.05. The van der Waals surface area contributed by atoms with Crippen LogP contribution in [0.15, 0.2) is 35.7 Å². The number of aryl methyl sites for hydroxylation is 1. The fourth-order valence-corrected chi connectivity index (χ4v) is 3.80. The van der Waals surface area contributed by atoms with Gasteiger partial charge in [-0.2, -0.15) is 0 Å². The molecule has 0 amide bonds. The van der Waals surface area contributed by atoms with Crippen molar-refractivity contribution in [2.24, 2.45) is 0 Å². The Morgan fingerprint density at radius 3 is 2.57 bits per heavy atom. The van der Waals surface area contributed by atoms with Crippen LogP contribution in [0.3, 0.4) is 0 Å². The summed E-state index contributed by atoms with van der Waals surface area (Å²) >= 11 is 1.71. The van der Waals surface area contributed by atoms with Crippen LogP contribution in [-0.2, 0) is 0 Å². The van der Waals surface area contributed by atoms with Gasteiger partial charge in [0, 0.05) is 37.1 Å². The average molecular weight is 347 g/mol. The molecule has 1 saturated heterocycles. The first-order valence-electron chi connectivity index (χ1n) is 7.60. The highest BCUT2D eigenvalue weighted by molar-refractivity contribution is 7.17. The third-order valence-corrected chi connectivity index (χ3v) is 5.04. The van der Waals surface area contributed by atoms with E-state index >= 15 is 0 Å². The number of halogens is 1. The number of nitrogens with one attached hydrogen (secondary N) is 1. The van der Waals surface area contributed by atoms with Gasteiger partial charge in [-0.05, 0) is 17.9 Å². The summed E-state index contributed by atoms with van der Waals surface area (Å²) in [7, 11) is 0. The SMILES string of the molecule is Cc1csc2nc(N3CCNCC3)nc(-c3ccccc3)c12.Cl. The minimum atomic E-state index is 0. The van der Waals surface area contributed by atoms with E-state index in [1.807, 2.05) is 6.07 Å². The molecule has 0 atom stereocenters. The second kappa shape index (κ2) is 6.83. The number of nitrogens with zero attached hydrogens (tertiary/aromatic N) is 3. The number of thiophene rings is 1. The van der Waals surface area contributed by atoms with Gasteiger partial charge in [0.1, 0.15) is 4.83 Å². The van der Waals surface area contributed by atoms with E-state index in [9.17, 15) is 0 Å². The molecule has 0 radical (unpaired) electrons. The van der Waals surface area contributed by atoms with Crippen LogP contribution in [0, 0.1) is 6.92 Å². The average Bonchev–Trinajstić information content (AvgIpc) is 2.97. The van der Waals surface area contributed by atoms with E-state index in [-0.39, 0.29) is 12.4 Å². The summed E-state index contributed by atoms with van der Waals surface area (Å²) in [6, 6.07) is 10.4. The molecular formula is C17H19ClN4S.